The first-order chi connectivity index (χ1) is 5.54. The molecule has 0 aromatic rings. The predicted octanol–water partition coefficient (Wildman–Crippen LogP) is -9.37. The van der Waals surface area contributed by atoms with Crippen molar-refractivity contribution in [3.8, 4) is 0 Å². The van der Waals surface area contributed by atoms with E-state index >= 15 is 0 Å². The largest absolute Gasteiger partial charge is 1.00 e. The molecular weight excluding hydrogens is 243 g/mol. The van der Waals surface area contributed by atoms with E-state index < -0.39 is 31.0 Å². The number of aliphatic hydroxyl groups is 5. The molecule has 0 unspecified atom stereocenters. The normalized spacial score (nSPS) is 18.1. The molecule has 8 heteroatoms. The molecular formula is C6H12ClKO6. The zero-order valence-electron chi connectivity index (χ0n) is 7.62. The van der Waals surface area contributed by atoms with E-state index in [1.807, 2.05) is 0 Å². The number of hydrogen-bond donors (Lipinski definition) is 5. The van der Waals surface area contributed by atoms with Crippen LogP contribution >= 0.6 is 0 Å². The van der Waals surface area contributed by atoms with Gasteiger partial charge in [0.05, 0.1) is 6.61 Å². The minimum absolute atomic E-state index is 0. The molecule has 80 valence electrons. The first-order valence-electron chi connectivity index (χ1n) is 3.33. The summed E-state index contributed by atoms with van der Waals surface area (Å²) in [6.07, 6.45) is -6.84. The molecule has 5 N–H and O–H groups in total. The van der Waals surface area contributed by atoms with E-state index in [-0.39, 0.29) is 70.1 Å². The molecule has 0 spiro atoms. The van der Waals surface area contributed by atoms with Gasteiger partial charge in [0.2, 0.25) is 0 Å². The number of carbonyl (C=O) groups is 1. The fourth-order valence-electron chi connectivity index (χ4n) is 0.618. The van der Waals surface area contributed by atoms with E-state index in [2.05, 4.69) is 0 Å². The zero-order chi connectivity index (χ0) is 9.72. The van der Waals surface area contributed by atoms with Crippen molar-refractivity contribution in [1.29, 1.82) is 0 Å². The Labute approximate surface area is 130 Å². The van der Waals surface area contributed by atoms with Crippen LogP contribution in [-0.4, -0.2) is 62.8 Å². The van der Waals surface area contributed by atoms with Gasteiger partial charge in [-0.25, -0.2) is 0 Å². The first kappa shape index (κ1) is 20.8. The van der Waals surface area contributed by atoms with Gasteiger partial charge in [0.1, 0.15) is 24.4 Å². The van der Waals surface area contributed by atoms with Crippen molar-refractivity contribution in [3.05, 3.63) is 0 Å². The average Bonchev–Trinajstić information content (AvgIpc) is 2.12. The Hall–Kier alpha value is 1.40. The Balaban J connectivity index is -0.000000605. The van der Waals surface area contributed by atoms with Crippen molar-refractivity contribution in [1.82, 2.24) is 0 Å². The number of aliphatic hydroxyl groups excluding tert-OH is 5. The van der Waals surface area contributed by atoms with Crippen LogP contribution in [-0.2, 0) is 4.79 Å². The smallest absolute Gasteiger partial charge is 1.00 e. The van der Waals surface area contributed by atoms with E-state index in [0.717, 1.165) is 0 Å². The molecule has 0 fully saturated rings. The summed E-state index contributed by atoms with van der Waals surface area (Å²) in [6.45, 7) is -0.760. The Morgan fingerprint density at radius 1 is 1.07 bits per heavy atom. The van der Waals surface area contributed by atoms with Crippen LogP contribution in [0.2, 0.25) is 0 Å². The maximum atomic E-state index is 9.90. The molecule has 0 aromatic heterocycles. The third-order valence-electron chi connectivity index (χ3n) is 1.42. The monoisotopic (exact) mass is 254 g/mol. The van der Waals surface area contributed by atoms with E-state index in [9.17, 15) is 4.79 Å². The van der Waals surface area contributed by atoms with Crippen molar-refractivity contribution in [2.24, 2.45) is 0 Å². The summed E-state index contributed by atoms with van der Waals surface area (Å²) in [6, 6.07) is 0. The van der Waals surface area contributed by atoms with Crippen molar-refractivity contribution < 1.29 is 94.1 Å². The van der Waals surface area contributed by atoms with Crippen LogP contribution in [0.3, 0.4) is 0 Å². The van der Waals surface area contributed by atoms with Crippen LogP contribution in [0.25, 0.3) is 0 Å². The van der Waals surface area contributed by atoms with Gasteiger partial charge in [-0.1, -0.05) is 0 Å². The second-order valence-electron chi connectivity index (χ2n) is 2.36. The van der Waals surface area contributed by atoms with E-state index in [4.69, 9.17) is 25.5 Å². The number of hydrogen-bond acceptors (Lipinski definition) is 6. The quantitative estimate of drug-likeness (QED) is 0.246. The SMILES string of the molecule is O=C[C@H](O)[C@@H](O)[C@H](O)[C@H](O)CO.[Cl-].[K+]. The molecule has 0 aliphatic heterocycles. The van der Waals surface area contributed by atoms with Gasteiger partial charge in [-0.05, 0) is 0 Å². The standard InChI is InChI=1S/C6H12O6.ClH.K/c7-1-3(9)5(11)6(12)4(10)2-8;;/h1,3-6,8-12H,2H2;1H;/q;;+1/p-1/t3-,4+,5+,6+;;/m0../s1. The van der Waals surface area contributed by atoms with Gasteiger partial charge < -0.3 is 42.7 Å². The summed E-state index contributed by atoms with van der Waals surface area (Å²) in [4.78, 5) is 9.90. The van der Waals surface area contributed by atoms with E-state index in [1.54, 1.807) is 0 Å². The molecule has 14 heavy (non-hydrogen) atoms. The molecule has 6 nitrogen and oxygen atoms in total. The van der Waals surface area contributed by atoms with Crippen LogP contribution < -0.4 is 63.8 Å². The van der Waals surface area contributed by atoms with E-state index in [0.29, 0.717) is 0 Å². The maximum absolute atomic E-state index is 9.90. The molecule has 0 aromatic carbocycles. The van der Waals surface area contributed by atoms with Crippen LogP contribution in [0, 0.1) is 0 Å². The predicted molar refractivity (Wildman–Crippen MR) is 37.2 cm³/mol. The van der Waals surface area contributed by atoms with Crippen LogP contribution in [0.4, 0.5) is 0 Å². The van der Waals surface area contributed by atoms with Gasteiger partial charge in [-0.2, -0.15) is 0 Å². The third kappa shape index (κ3) is 6.80. The molecule has 0 aliphatic rings. The summed E-state index contributed by atoms with van der Waals surface area (Å²) in [7, 11) is 0. The third-order valence-corrected chi connectivity index (χ3v) is 1.42. The van der Waals surface area contributed by atoms with Crippen LogP contribution in [0.1, 0.15) is 0 Å². The topological polar surface area (TPSA) is 118 Å². The summed E-state index contributed by atoms with van der Waals surface area (Å²) in [5, 5.41) is 43.5. The van der Waals surface area contributed by atoms with Crippen molar-refractivity contribution in [2.75, 3.05) is 6.61 Å². The van der Waals surface area contributed by atoms with Gasteiger partial charge in [0, 0.05) is 0 Å². The molecule has 0 bridgehead atoms. The number of aldehydes is 1. The van der Waals surface area contributed by atoms with Gasteiger partial charge in [0.15, 0.2) is 6.29 Å². The fraction of sp³-hybridized carbons (Fsp3) is 0.833. The Bertz CT molecular complexity index is 148. The first-order valence-corrected chi connectivity index (χ1v) is 3.33. The zero-order valence-corrected chi connectivity index (χ0v) is 11.5. The number of carbonyl (C=O) groups excluding carboxylic acids is 1. The van der Waals surface area contributed by atoms with Crippen LogP contribution in [0.15, 0.2) is 0 Å². The summed E-state index contributed by atoms with van der Waals surface area (Å²) >= 11 is 0. The molecule has 0 heterocycles. The number of rotatable bonds is 5. The summed E-state index contributed by atoms with van der Waals surface area (Å²) < 4.78 is 0. The second-order valence-corrected chi connectivity index (χ2v) is 2.36. The molecule has 0 aliphatic carbocycles. The average molecular weight is 255 g/mol. The van der Waals surface area contributed by atoms with Crippen molar-refractivity contribution >= 4 is 6.29 Å². The Morgan fingerprint density at radius 3 is 1.79 bits per heavy atom. The van der Waals surface area contributed by atoms with Gasteiger partial charge in [0.25, 0.3) is 0 Å². The van der Waals surface area contributed by atoms with Gasteiger partial charge in [-0.15, -0.1) is 0 Å². The summed E-state index contributed by atoms with van der Waals surface area (Å²) in [5.74, 6) is 0. The molecule has 0 saturated carbocycles. The molecule has 0 radical (unpaired) electrons. The van der Waals surface area contributed by atoms with Gasteiger partial charge >= 0.3 is 51.4 Å². The minimum atomic E-state index is -1.79. The molecule has 0 saturated heterocycles. The summed E-state index contributed by atoms with van der Waals surface area (Å²) in [5.41, 5.74) is 0. The molecule has 0 rings (SSSR count). The minimum Gasteiger partial charge on any atom is -1.00 e. The van der Waals surface area contributed by atoms with Crippen LogP contribution in [0.5, 0.6) is 0 Å². The molecule has 0 amide bonds. The fourth-order valence-corrected chi connectivity index (χ4v) is 0.618. The maximum Gasteiger partial charge on any atom is 1.00 e. The van der Waals surface area contributed by atoms with Crippen molar-refractivity contribution in [2.45, 2.75) is 24.4 Å². The van der Waals surface area contributed by atoms with Gasteiger partial charge in [-0.3, -0.25) is 0 Å². The van der Waals surface area contributed by atoms with E-state index in [1.165, 1.54) is 0 Å². The molecule has 4 atom stereocenters. The second kappa shape index (κ2) is 10.9. The van der Waals surface area contributed by atoms with Crippen molar-refractivity contribution in [3.63, 3.8) is 0 Å². The Kier molecular flexibility index (Phi) is 16.2. The Morgan fingerprint density at radius 2 is 1.50 bits per heavy atom. The number of halogens is 1.